The van der Waals surface area contributed by atoms with E-state index in [4.69, 9.17) is 15.1 Å². The molecule has 42 heavy (non-hydrogen) atoms. The Morgan fingerprint density at radius 3 is 2.36 bits per heavy atom. The number of aromatic nitrogens is 2. The third-order valence-corrected chi connectivity index (χ3v) is 7.87. The molecule has 0 saturated carbocycles. The number of rotatable bonds is 6. The SMILES string of the molecule is CCCCc1ccc(NC2=Nc3ccccc3N3C2=Nc2c(c(C)nn2-c2ccccc2)[C@@H]3c2ccccc2F)cc1. The molecule has 1 aromatic heterocycles. The van der Waals surface area contributed by atoms with Crippen molar-refractivity contribution < 1.29 is 4.39 Å². The number of fused-ring (bicyclic) bond motifs is 4. The lowest BCUT2D eigenvalue weighted by molar-refractivity contribution is 0.597. The summed E-state index contributed by atoms with van der Waals surface area (Å²) in [6.45, 7) is 4.17. The maximum Gasteiger partial charge on any atom is 0.179 e. The van der Waals surface area contributed by atoms with Crippen LogP contribution in [0.5, 0.6) is 0 Å². The van der Waals surface area contributed by atoms with Gasteiger partial charge in [-0.1, -0.05) is 74.0 Å². The first-order valence-corrected chi connectivity index (χ1v) is 14.4. The van der Waals surface area contributed by atoms with Crippen molar-refractivity contribution in [2.45, 2.75) is 39.2 Å². The highest BCUT2D eigenvalue weighted by atomic mass is 19.1. The van der Waals surface area contributed by atoms with Gasteiger partial charge in [0.2, 0.25) is 0 Å². The van der Waals surface area contributed by atoms with Crippen LogP contribution < -0.4 is 10.2 Å². The molecule has 0 aliphatic carbocycles. The fourth-order valence-corrected chi connectivity index (χ4v) is 5.81. The lowest BCUT2D eigenvalue weighted by Crippen LogP contribution is -2.46. The van der Waals surface area contributed by atoms with Crippen molar-refractivity contribution >= 4 is 34.6 Å². The van der Waals surface area contributed by atoms with Gasteiger partial charge in [0.1, 0.15) is 5.82 Å². The highest BCUT2D eigenvalue weighted by molar-refractivity contribution is 6.51. The summed E-state index contributed by atoms with van der Waals surface area (Å²) < 4.78 is 17.5. The summed E-state index contributed by atoms with van der Waals surface area (Å²) in [6, 6.07) is 32.8. The number of para-hydroxylation sites is 3. The van der Waals surface area contributed by atoms with Gasteiger partial charge in [-0.15, -0.1) is 0 Å². The van der Waals surface area contributed by atoms with Crippen LogP contribution in [0, 0.1) is 12.7 Å². The summed E-state index contributed by atoms with van der Waals surface area (Å²) >= 11 is 0. The van der Waals surface area contributed by atoms with Crippen molar-refractivity contribution in [1.82, 2.24) is 9.78 Å². The van der Waals surface area contributed by atoms with Crippen LogP contribution in [0.25, 0.3) is 5.69 Å². The normalized spacial score (nSPS) is 15.3. The van der Waals surface area contributed by atoms with Gasteiger partial charge in [0.25, 0.3) is 0 Å². The molecule has 5 aromatic rings. The van der Waals surface area contributed by atoms with Crippen molar-refractivity contribution in [1.29, 1.82) is 0 Å². The number of halogens is 1. The van der Waals surface area contributed by atoms with E-state index in [1.165, 1.54) is 11.6 Å². The van der Waals surface area contributed by atoms with Gasteiger partial charge in [0.15, 0.2) is 17.5 Å². The number of anilines is 2. The van der Waals surface area contributed by atoms with Crippen LogP contribution >= 0.6 is 0 Å². The smallest absolute Gasteiger partial charge is 0.179 e. The minimum Gasteiger partial charge on any atom is -0.337 e. The summed E-state index contributed by atoms with van der Waals surface area (Å²) in [4.78, 5) is 12.4. The molecule has 2 aliphatic rings. The summed E-state index contributed by atoms with van der Waals surface area (Å²) in [7, 11) is 0. The molecule has 2 aliphatic heterocycles. The maximum atomic E-state index is 15.7. The van der Waals surface area contributed by atoms with Gasteiger partial charge < -0.3 is 10.2 Å². The first kappa shape index (κ1) is 25.9. The third-order valence-electron chi connectivity index (χ3n) is 7.87. The van der Waals surface area contributed by atoms with Crippen molar-refractivity contribution in [2.75, 3.05) is 10.2 Å². The summed E-state index contributed by atoms with van der Waals surface area (Å²) in [5.74, 6) is 1.60. The number of hydrogen-bond donors (Lipinski definition) is 1. The first-order valence-electron chi connectivity index (χ1n) is 14.4. The van der Waals surface area contributed by atoms with Crippen LogP contribution in [0.4, 0.5) is 27.3 Å². The van der Waals surface area contributed by atoms with Gasteiger partial charge in [-0.25, -0.2) is 19.1 Å². The second-order valence-corrected chi connectivity index (χ2v) is 10.7. The third kappa shape index (κ3) is 4.47. The average Bonchev–Trinajstić information content (AvgIpc) is 3.36. The molecule has 1 atom stereocenters. The number of nitrogens with one attached hydrogen (secondary N) is 1. The van der Waals surface area contributed by atoms with E-state index in [0.29, 0.717) is 23.1 Å². The molecule has 0 spiro atoms. The Bertz CT molecular complexity index is 1820. The van der Waals surface area contributed by atoms with Crippen molar-refractivity contribution in [3.8, 4) is 5.69 Å². The van der Waals surface area contributed by atoms with Gasteiger partial charge in [-0.05, 0) is 67.8 Å². The molecule has 1 N–H and O–H groups in total. The highest BCUT2D eigenvalue weighted by Crippen LogP contribution is 2.48. The largest absolute Gasteiger partial charge is 0.337 e. The van der Waals surface area contributed by atoms with Crippen LogP contribution in [0.15, 0.2) is 113 Å². The first-order chi connectivity index (χ1) is 20.6. The fourth-order valence-electron chi connectivity index (χ4n) is 5.81. The minimum absolute atomic E-state index is 0.279. The Kier molecular flexibility index (Phi) is 6.62. The van der Waals surface area contributed by atoms with Gasteiger partial charge in [-0.3, -0.25) is 0 Å². The van der Waals surface area contributed by atoms with E-state index in [2.05, 4.69) is 41.4 Å². The topological polar surface area (TPSA) is 57.8 Å². The maximum absolute atomic E-state index is 15.7. The zero-order valence-corrected chi connectivity index (χ0v) is 23.6. The van der Waals surface area contributed by atoms with Crippen LogP contribution in [0.1, 0.15) is 48.2 Å². The zero-order valence-electron chi connectivity index (χ0n) is 23.6. The molecule has 7 heteroatoms. The Morgan fingerprint density at radius 1 is 0.833 bits per heavy atom. The number of nitrogens with zero attached hydrogens (tertiary/aromatic N) is 5. The summed E-state index contributed by atoms with van der Waals surface area (Å²) in [5.41, 5.74) is 6.97. The molecule has 0 bridgehead atoms. The van der Waals surface area contributed by atoms with E-state index in [0.717, 1.165) is 53.3 Å². The molecule has 0 fully saturated rings. The second kappa shape index (κ2) is 10.7. The van der Waals surface area contributed by atoms with E-state index in [9.17, 15) is 0 Å². The Morgan fingerprint density at radius 2 is 1.57 bits per heavy atom. The fraction of sp³-hybridized carbons (Fsp3) is 0.171. The number of benzene rings is 4. The summed E-state index contributed by atoms with van der Waals surface area (Å²) in [6.07, 6.45) is 3.38. The molecule has 208 valence electrons. The highest BCUT2D eigenvalue weighted by Gasteiger charge is 2.42. The number of hydrogen-bond acceptors (Lipinski definition) is 5. The van der Waals surface area contributed by atoms with Crippen LogP contribution in [0.3, 0.4) is 0 Å². The van der Waals surface area contributed by atoms with E-state index in [-0.39, 0.29) is 5.82 Å². The molecular formula is C35H31FN6. The molecule has 4 aromatic carbocycles. The van der Waals surface area contributed by atoms with Crippen LogP contribution in [0.2, 0.25) is 0 Å². The van der Waals surface area contributed by atoms with Crippen molar-refractivity contribution in [3.63, 3.8) is 0 Å². The van der Waals surface area contributed by atoms with Crippen LogP contribution in [-0.4, -0.2) is 21.5 Å². The molecule has 0 radical (unpaired) electrons. The lowest BCUT2D eigenvalue weighted by atomic mass is 9.93. The van der Waals surface area contributed by atoms with Gasteiger partial charge in [0.05, 0.1) is 28.8 Å². The minimum atomic E-state index is -0.504. The van der Waals surface area contributed by atoms with E-state index in [1.54, 1.807) is 6.07 Å². The van der Waals surface area contributed by atoms with Gasteiger partial charge >= 0.3 is 0 Å². The van der Waals surface area contributed by atoms with Gasteiger partial charge in [0, 0.05) is 16.8 Å². The molecule has 0 saturated heterocycles. The molecule has 3 heterocycles. The Hall–Kier alpha value is -5.04. The number of aliphatic imine (C=N–C) groups is 2. The Labute approximate surface area is 244 Å². The van der Waals surface area contributed by atoms with Crippen molar-refractivity contribution in [3.05, 3.63) is 131 Å². The number of unbranched alkanes of at least 4 members (excludes halogenated alkanes) is 1. The Balaban J connectivity index is 1.43. The van der Waals surface area contributed by atoms with Gasteiger partial charge in [-0.2, -0.15) is 5.10 Å². The molecule has 7 rings (SSSR count). The monoisotopic (exact) mass is 554 g/mol. The number of aryl methyl sites for hydroxylation is 2. The predicted molar refractivity (Wildman–Crippen MR) is 168 cm³/mol. The molecule has 6 nitrogen and oxygen atoms in total. The van der Waals surface area contributed by atoms with Crippen LogP contribution in [-0.2, 0) is 6.42 Å². The summed E-state index contributed by atoms with van der Waals surface area (Å²) in [5, 5.41) is 8.47. The van der Waals surface area contributed by atoms with E-state index in [1.807, 2.05) is 78.3 Å². The molecule has 0 unspecified atom stereocenters. The van der Waals surface area contributed by atoms with Crippen molar-refractivity contribution in [2.24, 2.45) is 9.98 Å². The zero-order chi connectivity index (χ0) is 28.6. The lowest BCUT2D eigenvalue weighted by Gasteiger charge is -2.40. The average molecular weight is 555 g/mol. The standard InChI is InChI=1S/C35H31FN6/c1-3-4-12-24-19-21-25(22-20-24)37-33-35-39-34-31(23(2)40-42(34)26-13-6-5-7-14-26)32(27-15-8-9-16-28(27)36)41(35)30-18-11-10-17-29(30)38-33/h5-11,13-22,32H,3-4,12H2,1-2H3,(H,37,38)/t32-/m0/s1. The second-order valence-electron chi connectivity index (χ2n) is 10.7. The van der Waals surface area contributed by atoms with E-state index >= 15 is 4.39 Å². The number of amidine groups is 2. The molecule has 0 amide bonds. The van der Waals surface area contributed by atoms with E-state index < -0.39 is 6.04 Å². The quantitative estimate of drug-likeness (QED) is 0.229. The predicted octanol–water partition coefficient (Wildman–Crippen LogP) is 8.46. The molecular weight excluding hydrogens is 523 g/mol.